The van der Waals surface area contributed by atoms with Gasteiger partial charge in [-0.05, 0) is 24.0 Å². The number of aromatic amines is 1. The van der Waals surface area contributed by atoms with Crippen molar-refractivity contribution in [2.75, 3.05) is 16.9 Å². The summed E-state index contributed by atoms with van der Waals surface area (Å²) in [4.78, 5) is 33.2. The van der Waals surface area contributed by atoms with Gasteiger partial charge in [0.15, 0.2) is 16.8 Å². The quantitative estimate of drug-likeness (QED) is 0.443. The van der Waals surface area contributed by atoms with E-state index in [1.165, 1.54) is 23.9 Å². The van der Waals surface area contributed by atoms with Crippen molar-refractivity contribution in [3.05, 3.63) is 87.0 Å². The second-order valence-electron chi connectivity index (χ2n) is 6.72. The predicted molar refractivity (Wildman–Crippen MR) is 111 cm³/mol. The van der Waals surface area contributed by atoms with E-state index in [1.807, 2.05) is 18.4 Å². The van der Waals surface area contributed by atoms with Crippen LogP contribution in [0.5, 0.6) is 0 Å². The summed E-state index contributed by atoms with van der Waals surface area (Å²) >= 11 is 1.31. The van der Waals surface area contributed by atoms with E-state index in [0.717, 1.165) is 5.56 Å². The van der Waals surface area contributed by atoms with Gasteiger partial charge in [0.1, 0.15) is 11.5 Å². The monoisotopic (exact) mass is 406 g/mol. The molecule has 1 aromatic heterocycles. The molecule has 3 N–H and O–H groups in total. The third-order valence-electron chi connectivity index (χ3n) is 5.07. The molecule has 0 fully saturated rings. The molecule has 2 aliphatic rings. The number of H-pyrrole nitrogens is 1. The maximum absolute atomic E-state index is 13.5. The van der Waals surface area contributed by atoms with Gasteiger partial charge in [-0.2, -0.15) is 0 Å². The molecule has 0 saturated heterocycles. The number of rotatable bonds is 2. The van der Waals surface area contributed by atoms with Crippen LogP contribution < -0.4 is 16.2 Å². The largest absolute Gasteiger partial charge is 0.357 e. The van der Waals surface area contributed by atoms with Crippen LogP contribution in [0.2, 0.25) is 0 Å². The molecule has 0 amide bonds. The van der Waals surface area contributed by atoms with Gasteiger partial charge in [0.2, 0.25) is 0 Å². The van der Waals surface area contributed by atoms with Crippen molar-refractivity contribution in [2.45, 2.75) is 11.2 Å². The lowest BCUT2D eigenvalue weighted by atomic mass is 9.95. The molecule has 1 atom stereocenters. The molecule has 5 rings (SSSR count). The molecule has 8 heteroatoms. The Kier molecular flexibility index (Phi) is 4.02. The number of nitrogens with zero attached hydrogens (tertiary/aromatic N) is 1. The minimum absolute atomic E-state index is 0.140. The molecule has 2 aromatic carbocycles. The molecule has 0 spiro atoms. The molecular formula is C21H15FN4O2S. The van der Waals surface area contributed by atoms with Crippen molar-refractivity contribution in [2.24, 2.45) is 0 Å². The number of carbonyl (C=O) groups is 1. The second-order valence-corrected chi connectivity index (χ2v) is 7.51. The molecule has 3 aromatic rings. The highest BCUT2D eigenvalue weighted by Crippen LogP contribution is 2.43. The van der Waals surface area contributed by atoms with Crippen LogP contribution in [-0.2, 0) is 0 Å². The maximum atomic E-state index is 13.5. The number of carbonyl (C=O) groups excluding carboxylic acids is 1. The molecule has 6 nitrogen and oxygen atoms in total. The molecule has 144 valence electrons. The van der Waals surface area contributed by atoms with E-state index in [2.05, 4.69) is 20.6 Å². The SMILES string of the molecule is CSc1nc2c(c(=O)[nH]1)NC1=C(C(=O)c3ccccc31)C(c1ccc(F)cc1)N2. The Bertz CT molecular complexity index is 1250. The summed E-state index contributed by atoms with van der Waals surface area (Å²) in [5.41, 5.74) is 2.92. The number of thioether (sulfide) groups is 1. The van der Waals surface area contributed by atoms with Crippen LogP contribution >= 0.6 is 11.8 Å². The number of aromatic nitrogens is 2. The molecule has 1 unspecified atom stereocenters. The Hall–Kier alpha value is -3.39. The van der Waals surface area contributed by atoms with Crippen molar-refractivity contribution in [1.82, 2.24) is 9.97 Å². The molecule has 29 heavy (non-hydrogen) atoms. The zero-order valence-corrected chi connectivity index (χ0v) is 16.1. The van der Waals surface area contributed by atoms with Crippen LogP contribution in [0.25, 0.3) is 5.70 Å². The Labute approximate surface area is 169 Å². The Morgan fingerprint density at radius 3 is 2.48 bits per heavy atom. The van der Waals surface area contributed by atoms with Crippen molar-refractivity contribution < 1.29 is 9.18 Å². The first-order chi connectivity index (χ1) is 14.1. The molecule has 0 radical (unpaired) electrons. The zero-order chi connectivity index (χ0) is 20.1. The first kappa shape index (κ1) is 17.7. The third-order valence-corrected chi connectivity index (χ3v) is 5.65. The van der Waals surface area contributed by atoms with Gasteiger partial charge in [-0.15, -0.1) is 0 Å². The molecule has 0 bridgehead atoms. The summed E-state index contributed by atoms with van der Waals surface area (Å²) < 4.78 is 13.5. The fraction of sp³-hybridized carbons (Fsp3) is 0.0952. The number of hydrogen-bond donors (Lipinski definition) is 3. The van der Waals surface area contributed by atoms with E-state index >= 15 is 0 Å². The summed E-state index contributed by atoms with van der Waals surface area (Å²) in [5, 5.41) is 6.84. The lowest BCUT2D eigenvalue weighted by Crippen LogP contribution is -2.20. The summed E-state index contributed by atoms with van der Waals surface area (Å²) in [5.74, 6) is -0.165. The maximum Gasteiger partial charge on any atom is 0.277 e. The Morgan fingerprint density at radius 1 is 1.03 bits per heavy atom. The van der Waals surface area contributed by atoms with Gasteiger partial charge in [0, 0.05) is 11.1 Å². The first-order valence-corrected chi connectivity index (χ1v) is 10.1. The van der Waals surface area contributed by atoms with Gasteiger partial charge >= 0.3 is 0 Å². The van der Waals surface area contributed by atoms with Crippen LogP contribution in [0.15, 0.2) is 64.1 Å². The van der Waals surface area contributed by atoms with Gasteiger partial charge in [-0.3, -0.25) is 14.6 Å². The predicted octanol–water partition coefficient (Wildman–Crippen LogP) is 3.82. The van der Waals surface area contributed by atoms with Crippen LogP contribution in [0, 0.1) is 5.82 Å². The summed E-state index contributed by atoms with van der Waals surface area (Å²) in [6.07, 6.45) is 1.81. The summed E-state index contributed by atoms with van der Waals surface area (Å²) in [6.45, 7) is 0. The fourth-order valence-electron chi connectivity index (χ4n) is 3.72. The highest BCUT2D eigenvalue weighted by Gasteiger charge is 2.38. The average molecular weight is 406 g/mol. The molecule has 1 aliphatic carbocycles. The number of benzene rings is 2. The van der Waals surface area contributed by atoms with E-state index in [4.69, 9.17) is 0 Å². The minimum Gasteiger partial charge on any atom is -0.357 e. The topological polar surface area (TPSA) is 86.9 Å². The van der Waals surface area contributed by atoms with Gasteiger partial charge in [0.25, 0.3) is 5.56 Å². The van der Waals surface area contributed by atoms with Crippen molar-refractivity contribution in [3.63, 3.8) is 0 Å². The number of nitrogens with one attached hydrogen (secondary N) is 3. The van der Waals surface area contributed by atoms with Crippen molar-refractivity contribution >= 4 is 34.7 Å². The number of anilines is 2. The molecular weight excluding hydrogens is 391 g/mol. The van der Waals surface area contributed by atoms with E-state index in [-0.39, 0.29) is 22.8 Å². The summed E-state index contributed by atoms with van der Waals surface area (Å²) in [7, 11) is 0. The number of Topliss-reactive ketones (excluding diaryl/α,β-unsaturated/α-hetero) is 1. The van der Waals surface area contributed by atoms with Gasteiger partial charge < -0.3 is 10.6 Å². The first-order valence-electron chi connectivity index (χ1n) is 8.92. The number of ketones is 1. The van der Waals surface area contributed by atoms with E-state index < -0.39 is 6.04 Å². The fourth-order valence-corrected chi connectivity index (χ4v) is 4.10. The molecule has 2 heterocycles. The standard InChI is InChI=1S/C21H15FN4O2S/c1-29-21-25-19-17(20(28)26-21)23-16-12-4-2-3-5-13(12)18(27)14(16)15(24-19)10-6-8-11(22)9-7-10/h2-9,15,23H,1H3,(H2,24,25,26,28). The minimum atomic E-state index is -0.594. The van der Waals surface area contributed by atoms with E-state index in [0.29, 0.717) is 33.4 Å². The van der Waals surface area contributed by atoms with Crippen LogP contribution in [0.4, 0.5) is 15.9 Å². The number of halogens is 1. The van der Waals surface area contributed by atoms with Gasteiger partial charge in [-0.1, -0.05) is 48.2 Å². The van der Waals surface area contributed by atoms with Crippen LogP contribution in [0.1, 0.15) is 27.5 Å². The smallest absolute Gasteiger partial charge is 0.277 e. The van der Waals surface area contributed by atoms with Crippen molar-refractivity contribution in [3.8, 4) is 0 Å². The Morgan fingerprint density at radius 2 is 1.76 bits per heavy atom. The summed E-state index contributed by atoms with van der Waals surface area (Å²) in [6, 6.07) is 12.6. The Balaban J connectivity index is 1.76. The van der Waals surface area contributed by atoms with Gasteiger partial charge in [0.05, 0.1) is 17.3 Å². The molecule has 1 aliphatic heterocycles. The number of hydrogen-bond acceptors (Lipinski definition) is 6. The average Bonchev–Trinajstić information content (AvgIpc) is 2.89. The van der Waals surface area contributed by atoms with Crippen LogP contribution in [-0.4, -0.2) is 22.0 Å². The lowest BCUT2D eigenvalue weighted by Gasteiger charge is -2.20. The third kappa shape index (κ3) is 2.75. The number of fused-ring (bicyclic) bond motifs is 3. The lowest BCUT2D eigenvalue weighted by molar-refractivity contribution is 0.103. The highest BCUT2D eigenvalue weighted by molar-refractivity contribution is 7.98. The second kappa shape index (κ2) is 6.59. The highest BCUT2D eigenvalue weighted by atomic mass is 32.2. The van der Waals surface area contributed by atoms with Crippen molar-refractivity contribution in [1.29, 1.82) is 0 Å². The van der Waals surface area contributed by atoms with E-state index in [9.17, 15) is 14.0 Å². The molecule has 0 saturated carbocycles. The normalized spacial score (nSPS) is 17.0. The van der Waals surface area contributed by atoms with Gasteiger partial charge in [-0.25, -0.2) is 9.37 Å². The van der Waals surface area contributed by atoms with E-state index in [1.54, 1.807) is 24.3 Å². The zero-order valence-electron chi connectivity index (χ0n) is 15.2. The van der Waals surface area contributed by atoms with Crippen LogP contribution in [0.3, 0.4) is 0 Å².